The molecular formula is C18H16N4O2S. The van der Waals surface area contributed by atoms with Crippen LogP contribution in [0.5, 0.6) is 0 Å². The van der Waals surface area contributed by atoms with Crippen LogP contribution < -0.4 is 5.56 Å². The van der Waals surface area contributed by atoms with E-state index in [0.29, 0.717) is 12.4 Å². The summed E-state index contributed by atoms with van der Waals surface area (Å²) in [4.78, 5) is 14.4. The van der Waals surface area contributed by atoms with Crippen LogP contribution in [-0.2, 0) is 17.8 Å². The van der Waals surface area contributed by atoms with Gasteiger partial charge in [0.2, 0.25) is 5.78 Å². The van der Waals surface area contributed by atoms with E-state index in [1.165, 1.54) is 16.9 Å². The zero-order valence-electron chi connectivity index (χ0n) is 13.9. The van der Waals surface area contributed by atoms with E-state index in [4.69, 9.17) is 4.74 Å². The summed E-state index contributed by atoms with van der Waals surface area (Å²) < 4.78 is 10.2. The van der Waals surface area contributed by atoms with Gasteiger partial charge in [0.15, 0.2) is 0 Å². The summed E-state index contributed by atoms with van der Waals surface area (Å²) in [5, 5.41) is 8.29. The lowest BCUT2D eigenvalue weighted by molar-refractivity contribution is -0.0379. The minimum atomic E-state index is -0.240. The van der Waals surface area contributed by atoms with Crippen LogP contribution in [0.3, 0.4) is 0 Å². The highest BCUT2D eigenvalue weighted by Crippen LogP contribution is 2.38. The average molecular weight is 352 g/mol. The molecule has 1 aliphatic rings. The molecule has 0 amide bonds. The highest BCUT2D eigenvalue weighted by atomic mass is 32.1. The molecule has 25 heavy (non-hydrogen) atoms. The summed E-state index contributed by atoms with van der Waals surface area (Å²) >= 11 is 1.52. The van der Waals surface area contributed by atoms with Crippen molar-refractivity contribution >= 4 is 27.3 Å². The molecule has 6 nitrogen and oxygen atoms in total. The van der Waals surface area contributed by atoms with Crippen molar-refractivity contribution in [2.45, 2.75) is 32.5 Å². The summed E-state index contributed by atoms with van der Waals surface area (Å²) in [6.45, 7) is 4.69. The molecule has 0 saturated carbocycles. The van der Waals surface area contributed by atoms with Gasteiger partial charge in [-0.1, -0.05) is 18.2 Å². The lowest BCUT2D eigenvalue weighted by Crippen LogP contribution is -2.31. The van der Waals surface area contributed by atoms with Crippen molar-refractivity contribution in [3.8, 4) is 5.69 Å². The van der Waals surface area contributed by atoms with Crippen molar-refractivity contribution < 1.29 is 4.74 Å². The highest BCUT2D eigenvalue weighted by molar-refractivity contribution is 7.19. The number of hydrogen-bond donors (Lipinski definition) is 0. The summed E-state index contributed by atoms with van der Waals surface area (Å²) in [5.74, 6) is 0.536. The molecule has 0 saturated heterocycles. The summed E-state index contributed by atoms with van der Waals surface area (Å²) in [6, 6.07) is 9.56. The van der Waals surface area contributed by atoms with Gasteiger partial charge in [-0.05, 0) is 31.5 Å². The monoisotopic (exact) mass is 352 g/mol. The Morgan fingerprint density at radius 3 is 2.84 bits per heavy atom. The zero-order valence-corrected chi connectivity index (χ0v) is 14.7. The average Bonchev–Trinajstić information content (AvgIpc) is 3.19. The van der Waals surface area contributed by atoms with Crippen LogP contribution in [0.25, 0.3) is 21.7 Å². The molecule has 4 aromatic rings. The molecule has 0 N–H and O–H groups in total. The molecule has 7 heteroatoms. The van der Waals surface area contributed by atoms with E-state index in [9.17, 15) is 4.79 Å². The first-order valence-electron chi connectivity index (χ1n) is 8.13. The Kier molecular flexibility index (Phi) is 2.96. The van der Waals surface area contributed by atoms with E-state index in [1.807, 2.05) is 34.7 Å². The second-order valence-corrected chi connectivity index (χ2v) is 7.99. The van der Waals surface area contributed by atoms with Crippen LogP contribution in [0.15, 0.2) is 41.5 Å². The van der Waals surface area contributed by atoms with Crippen LogP contribution in [0.4, 0.5) is 0 Å². The van der Waals surface area contributed by atoms with Gasteiger partial charge in [-0.25, -0.2) is 4.57 Å². The van der Waals surface area contributed by atoms with E-state index in [1.54, 1.807) is 10.9 Å². The van der Waals surface area contributed by atoms with E-state index in [2.05, 4.69) is 24.0 Å². The number of hydrogen-bond acceptors (Lipinski definition) is 5. The summed E-state index contributed by atoms with van der Waals surface area (Å²) in [5.41, 5.74) is 2.59. The van der Waals surface area contributed by atoms with Gasteiger partial charge in [-0.3, -0.25) is 9.20 Å². The SMILES string of the molecule is CC1(C)Cc2c(sc3c(=O)n(-c4ccccc4)c4nncn4c23)CO1. The van der Waals surface area contributed by atoms with Gasteiger partial charge < -0.3 is 4.74 Å². The largest absolute Gasteiger partial charge is 0.370 e. The van der Waals surface area contributed by atoms with Crippen LogP contribution in [0.1, 0.15) is 24.3 Å². The zero-order chi connectivity index (χ0) is 17.2. The molecule has 0 unspecified atom stereocenters. The van der Waals surface area contributed by atoms with Crippen molar-refractivity contribution in [1.29, 1.82) is 0 Å². The fraction of sp³-hybridized carbons (Fsp3) is 0.278. The van der Waals surface area contributed by atoms with Gasteiger partial charge in [0.1, 0.15) is 11.0 Å². The molecule has 1 aromatic carbocycles. The summed E-state index contributed by atoms with van der Waals surface area (Å²) in [7, 11) is 0. The predicted molar refractivity (Wildman–Crippen MR) is 96.5 cm³/mol. The Morgan fingerprint density at radius 2 is 2.04 bits per heavy atom. The quantitative estimate of drug-likeness (QED) is 0.528. The van der Waals surface area contributed by atoms with Gasteiger partial charge in [-0.15, -0.1) is 21.5 Å². The number of benzene rings is 1. The van der Waals surface area contributed by atoms with Gasteiger partial charge in [0.25, 0.3) is 5.56 Å². The van der Waals surface area contributed by atoms with Crippen LogP contribution in [-0.4, -0.2) is 24.8 Å². The lowest BCUT2D eigenvalue weighted by Gasteiger charge is -2.30. The third-order valence-corrected chi connectivity index (χ3v) is 5.82. The standard InChI is InChI=1S/C18H16N4O2S/c1-18(2)8-12-13(9-24-18)25-15-14(12)21-10-19-20-17(21)22(16(15)23)11-6-4-3-5-7-11/h3-7,10H,8-9H2,1-2H3. The molecule has 0 atom stereocenters. The number of ether oxygens (including phenoxy) is 1. The number of fused-ring (bicyclic) bond motifs is 5. The second-order valence-electron chi connectivity index (χ2n) is 6.88. The second kappa shape index (κ2) is 5.00. The molecule has 0 aliphatic carbocycles. The van der Waals surface area contributed by atoms with Gasteiger partial charge in [0, 0.05) is 11.3 Å². The molecule has 1 aliphatic heterocycles. The number of para-hydroxylation sites is 1. The minimum Gasteiger partial charge on any atom is -0.370 e. The Bertz CT molecular complexity index is 1170. The fourth-order valence-corrected chi connectivity index (χ4v) is 4.63. The van der Waals surface area contributed by atoms with Crippen molar-refractivity contribution in [3.05, 3.63) is 57.5 Å². The normalized spacial score (nSPS) is 16.4. The van der Waals surface area contributed by atoms with Crippen LogP contribution >= 0.6 is 11.3 Å². The molecular weight excluding hydrogens is 336 g/mol. The maximum Gasteiger partial charge on any atom is 0.277 e. The molecule has 4 heterocycles. The first kappa shape index (κ1) is 14.8. The van der Waals surface area contributed by atoms with Crippen molar-refractivity contribution in [2.75, 3.05) is 0 Å². The first-order valence-corrected chi connectivity index (χ1v) is 8.95. The molecule has 0 radical (unpaired) electrons. The minimum absolute atomic E-state index is 0.0566. The topological polar surface area (TPSA) is 61.4 Å². The third-order valence-electron chi connectivity index (χ3n) is 4.64. The molecule has 0 spiro atoms. The van der Waals surface area contributed by atoms with E-state index < -0.39 is 0 Å². The van der Waals surface area contributed by atoms with E-state index in [-0.39, 0.29) is 11.2 Å². The maximum atomic E-state index is 13.3. The number of nitrogens with zero attached hydrogens (tertiary/aromatic N) is 4. The molecule has 0 fully saturated rings. The molecule has 126 valence electrons. The van der Waals surface area contributed by atoms with Crippen LogP contribution in [0, 0.1) is 0 Å². The number of thiophene rings is 1. The molecule has 3 aromatic heterocycles. The Labute approximate surface area is 147 Å². The Hall–Kier alpha value is -2.51. The predicted octanol–water partition coefficient (Wildman–Crippen LogP) is 2.95. The first-order chi connectivity index (χ1) is 12.1. The van der Waals surface area contributed by atoms with Gasteiger partial charge in [0.05, 0.1) is 23.4 Å². The Morgan fingerprint density at radius 1 is 1.24 bits per heavy atom. The lowest BCUT2D eigenvalue weighted by atomic mass is 9.95. The fourth-order valence-electron chi connectivity index (χ4n) is 3.48. The maximum absolute atomic E-state index is 13.3. The third kappa shape index (κ3) is 2.09. The van der Waals surface area contributed by atoms with E-state index in [0.717, 1.165) is 27.2 Å². The summed E-state index contributed by atoms with van der Waals surface area (Å²) in [6.07, 6.45) is 2.45. The highest BCUT2D eigenvalue weighted by Gasteiger charge is 2.31. The van der Waals surface area contributed by atoms with Crippen molar-refractivity contribution in [3.63, 3.8) is 0 Å². The van der Waals surface area contributed by atoms with Crippen LogP contribution in [0.2, 0.25) is 0 Å². The number of aromatic nitrogens is 4. The number of rotatable bonds is 1. The van der Waals surface area contributed by atoms with Gasteiger partial charge >= 0.3 is 0 Å². The molecule has 5 rings (SSSR count). The van der Waals surface area contributed by atoms with E-state index >= 15 is 0 Å². The van der Waals surface area contributed by atoms with Crippen molar-refractivity contribution in [1.82, 2.24) is 19.2 Å². The van der Waals surface area contributed by atoms with Crippen molar-refractivity contribution in [2.24, 2.45) is 0 Å². The Balaban J connectivity index is 1.93. The smallest absolute Gasteiger partial charge is 0.277 e. The van der Waals surface area contributed by atoms with Gasteiger partial charge in [-0.2, -0.15) is 0 Å². The molecule has 0 bridgehead atoms.